The Bertz CT molecular complexity index is 577. The number of anilines is 2. The van der Waals surface area contributed by atoms with Crippen molar-refractivity contribution in [3.05, 3.63) is 59.7 Å². The summed E-state index contributed by atoms with van der Waals surface area (Å²) in [5.74, 6) is 0. The van der Waals surface area contributed by atoms with Crippen molar-refractivity contribution in [3.63, 3.8) is 0 Å². The van der Waals surface area contributed by atoms with Gasteiger partial charge in [0, 0.05) is 37.6 Å². The van der Waals surface area contributed by atoms with Gasteiger partial charge in [0.1, 0.15) is 0 Å². The lowest BCUT2D eigenvalue weighted by atomic mass is 10.1. The molecule has 0 unspecified atom stereocenters. The van der Waals surface area contributed by atoms with E-state index in [4.69, 9.17) is 0 Å². The molecule has 0 atom stereocenters. The zero-order valence-electron chi connectivity index (χ0n) is 16.6. The molecule has 0 bridgehead atoms. The van der Waals surface area contributed by atoms with Crippen LogP contribution in [-0.2, 0) is 12.8 Å². The molecule has 26 heavy (non-hydrogen) atoms. The lowest BCUT2D eigenvalue weighted by Gasteiger charge is -2.37. The lowest BCUT2D eigenvalue weighted by molar-refractivity contribution is 0.653. The first-order chi connectivity index (χ1) is 12.8. The SMILES string of the molecule is CCCCc1ccc(N2CCN(c3ccc(CCCC)cc3)CC2)cc1. The minimum atomic E-state index is 1.10. The Balaban J connectivity index is 1.52. The topological polar surface area (TPSA) is 6.48 Å². The number of hydrogen-bond acceptors (Lipinski definition) is 2. The first kappa shape index (κ1) is 18.8. The Morgan fingerprint density at radius 3 is 1.23 bits per heavy atom. The van der Waals surface area contributed by atoms with Gasteiger partial charge >= 0.3 is 0 Å². The summed E-state index contributed by atoms with van der Waals surface area (Å²) in [7, 11) is 0. The molecule has 2 heteroatoms. The summed E-state index contributed by atoms with van der Waals surface area (Å²) in [4.78, 5) is 5.05. The molecule has 1 aliphatic heterocycles. The van der Waals surface area contributed by atoms with Crippen LogP contribution in [-0.4, -0.2) is 26.2 Å². The Labute approximate surface area is 159 Å². The zero-order chi connectivity index (χ0) is 18.2. The fourth-order valence-electron chi connectivity index (χ4n) is 3.73. The highest BCUT2D eigenvalue weighted by atomic mass is 15.3. The number of benzene rings is 2. The van der Waals surface area contributed by atoms with E-state index in [1.165, 1.54) is 61.0 Å². The molecule has 0 spiro atoms. The van der Waals surface area contributed by atoms with Gasteiger partial charge in [0.2, 0.25) is 0 Å². The van der Waals surface area contributed by atoms with Crippen LogP contribution in [0.25, 0.3) is 0 Å². The van der Waals surface area contributed by atoms with Crippen molar-refractivity contribution in [2.24, 2.45) is 0 Å². The highest BCUT2D eigenvalue weighted by Gasteiger charge is 2.17. The van der Waals surface area contributed by atoms with E-state index >= 15 is 0 Å². The normalized spacial score (nSPS) is 14.7. The van der Waals surface area contributed by atoms with Crippen LogP contribution < -0.4 is 9.80 Å². The van der Waals surface area contributed by atoms with Crippen molar-refractivity contribution in [1.82, 2.24) is 0 Å². The third-order valence-electron chi connectivity index (χ3n) is 5.52. The summed E-state index contributed by atoms with van der Waals surface area (Å²) < 4.78 is 0. The van der Waals surface area contributed by atoms with Gasteiger partial charge in [0.05, 0.1) is 0 Å². The van der Waals surface area contributed by atoms with E-state index in [1.54, 1.807) is 0 Å². The van der Waals surface area contributed by atoms with Crippen molar-refractivity contribution in [1.29, 1.82) is 0 Å². The fraction of sp³-hybridized carbons (Fsp3) is 0.500. The van der Waals surface area contributed by atoms with Crippen LogP contribution in [0.5, 0.6) is 0 Å². The van der Waals surface area contributed by atoms with Gasteiger partial charge in [0.25, 0.3) is 0 Å². The Kier molecular flexibility index (Phi) is 6.99. The average molecular weight is 351 g/mol. The van der Waals surface area contributed by atoms with Gasteiger partial charge in [-0.25, -0.2) is 0 Å². The molecular weight excluding hydrogens is 316 g/mol. The van der Waals surface area contributed by atoms with Crippen LogP contribution in [0.4, 0.5) is 11.4 Å². The quantitative estimate of drug-likeness (QED) is 0.602. The van der Waals surface area contributed by atoms with Crippen molar-refractivity contribution < 1.29 is 0 Å². The second-order valence-corrected chi connectivity index (χ2v) is 7.51. The van der Waals surface area contributed by atoms with E-state index in [0.29, 0.717) is 0 Å². The summed E-state index contributed by atoms with van der Waals surface area (Å²) >= 11 is 0. The van der Waals surface area contributed by atoms with Gasteiger partial charge in [-0.3, -0.25) is 0 Å². The fourth-order valence-corrected chi connectivity index (χ4v) is 3.73. The van der Waals surface area contributed by atoms with Crippen LogP contribution in [0.2, 0.25) is 0 Å². The maximum Gasteiger partial charge on any atom is 0.0367 e. The molecule has 0 N–H and O–H groups in total. The molecule has 2 nitrogen and oxygen atoms in total. The summed E-state index contributed by atoms with van der Waals surface area (Å²) in [5, 5.41) is 0. The molecule has 140 valence electrons. The zero-order valence-corrected chi connectivity index (χ0v) is 16.6. The van der Waals surface area contributed by atoms with Gasteiger partial charge in [-0.05, 0) is 61.1 Å². The van der Waals surface area contributed by atoms with Crippen molar-refractivity contribution in [2.45, 2.75) is 52.4 Å². The largest absolute Gasteiger partial charge is 0.368 e. The number of aryl methyl sites for hydroxylation is 2. The van der Waals surface area contributed by atoms with Crippen LogP contribution in [0.15, 0.2) is 48.5 Å². The lowest BCUT2D eigenvalue weighted by Crippen LogP contribution is -2.46. The van der Waals surface area contributed by atoms with E-state index in [1.807, 2.05) is 0 Å². The molecule has 1 heterocycles. The maximum absolute atomic E-state index is 2.52. The van der Waals surface area contributed by atoms with E-state index in [2.05, 4.69) is 72.2 Å². The molecule has 0 amide bonds. The van der Waals surface area contributed by atoms with Crippen molar-refractivity contribution in [2.75, 3.05) is 36.0 Å². The van der Waals surface area contributed by atoms with Crippen LogP contribution >= 0.6 is 0 Å². The Morgan fingerprint density at radius 2 is 0.923 bits per heavy atom. The molecule has 1 aliphatic rings. The Morgan fingerprint density at radius 1 is 0.577 bits per heavy atom. The van der Waals surface area contributed by atoms with E-state index in [9.17, 15) is 0 Å². The summed E-state index contributed by atoms with van der Waals surface area (Å²) in [6, 6.07) is 18.5. The van der Waals surface area contributed by atoms with Gasteiger partial charge < -0.3 is 9.80 Å². The molecule has 0 aliphatic carbocycles. The van der Waals surface area contributed by atoms with Crippen LogP contribution in [0.1, 0.15) is 50.7 Å². The van der Waals surface area contributed by atoms with Crippen LogP contribution in [0, 0.1) is 0 Å². The second-order valence-electron chi connectivity index (χ2n) is 7.51. The third kappa shape index (κ3) is 5.03. The van der Waals surface area contributed by atoms with E-state index < -0.39 is 0 Å². The minimum Gasteiger partial charge on any atom is -0.368 e. The first-order valence-corrected chi connectivity index (χ1v) is 10.5. The molecule has 1 fully saturated rings. The smallest absolute Gasteiger partial charge is 0.0367 e. The highest BCUT2D eigenvalue weighted by Crippen LogP contribution is 2.22. The van der Waals surface area contributed by atoms with Crippen LogP contribution in [0.3, 0.4) is 0 Å². The number of unbranched alkanes of at least 4 members (excludes halogenated alkanes) is 2. The van der Waals surface area contributed by atoms with Gasteiger partial charge in [-0.1, -0.05) is 51.0 Å². The van der Waals surface area contributed by atoms with Crippen molar-refractivity contribution >= 4 is 11.4 Å². The third-order valence-corrected chi connectivity index (χ3v) is 5.52. The molecule has 0 aromatic heterocycles. The van der Waals surface area contributed by atoms with E-state index in [-0.39, 0.29) is 0 Å². The first-order valence-electron chi connectivity index (χ1n) is 10.5. The monoisotopic (exact) mass is 350 g/mol. The molecule has 3 rings (SSSR count). The second kappa shape index (κ2) is 9.66. The van der Waals surface area contributed by atoms with E-state index in [0.717, 1.165) is 26.2 Å². The standard InChI is InChI=1S/C24H34N2/c1-3-5-7-21-9-13-23(14-10-21)25-17-19-26(20-18-25)24-15-11-22(12-16-24)8-6-4-2/h9-16H,3-8,17-20H2,1-2H3. The highest BCUT2D eigenvalue weighted by molar-refractivity contribution is 5.52. The van der Waals surface area contributed by atoms with Gasteiger partial charge in [-0.2, -0.15) is 0 Å². The van der Waals surface area contributed by atoms with Gasteiger partial charge in [0.15, 0.2) is 0 Å². The molecule has 2 aromatic carbocycles. The van der Waals surface area contributed by atoms with Gasteiger partial charge in [-0.15, -0.1) is 0 Å². The molecule has 1 saturated heterocycles. The summed E-state index contributed by atoms with van der Waals surface area (Å²) in [5.41, 5.74) is 5.69. The summed E-state index contributed by atoms with van der Waals surface area (Å²) in [6.07, 6.45) is 7.52. The molecular formula is C24H34N2. The summed E-state index contributed by atoms with van der Waals surface area (Å²) in [6.45, 7) is 8.93. The number of hydrogen-bond donors (Lipinski definition) is 0. The minimum absolute atomic E-state index is 1.10. The molecule has 0 radical (unpaired) electrons. The number of rotatable bonds is 8. The molecule has 0 saturated carbocycles. The number of piperazine rings is 1. The predicted molar refractivity (Wildman–Crippen MR) is 115 cm³/mol. The van der Waals surface area contributed by atoms with Crippen molar-refractivity contribution in [3.8, 4) is 0 Å². The predicted octanol–water partition coefficient (Wildman–Crippen LogP) is 5.70. The molecule has 2 aromatic rings. The maximum atomic E-state index is 2.52. The average Bonchev–Trinajstić information content (AvgIpc) is 2.72. The number of nitrogens with zero attached hydrogens (tertiary/aromatic N) is 2. The Hall–Kier alpha value is -1.96.